The molecular weight excluding hydrogens is 364 g/mol. The number of aromatic nitrogens is 1. The molecule has 7 heteroatoms. The van der Waals surface area contributed by atoms with Crippen LogP contribution in [0.3, 0.4) is 0 Å². The maximum absolute atomic E-state index is 13.3. The summed E-state index contributed by atoms with van der Waals surface area (Å²) in [7, 11) is 0. The van der Waals surface area contributed by atoms with Crippen LogP contribution in [0.2, 0.25) is 0 Å². The van der Waals surface area contributed by atoms with Crippen LogP contribution in [0, 0.1) is 12.7 Å². The highest BCUT2D eigenvalue weighted by atomic mass is 35.5. The lowest BCUT2D eigenvalue weighted by Crippen LogP contribution is -2.42. The van der Waals surface area contributed by atoms with Gasteiger partial charge in [-0.25, -0.2) is 4.39 Å². The molecule has 1 aliphatic rings. The largest absolute Gasteiger partial charge is 0.334 e. The summed E-state index contributed by atoms with van der Waals surface area (Å²) in [5, 5.41) is 4.11. The number of carbonyl (C=O) groups is 1. The Bertz CT molecular complexity index is 736. The van der Waals surface area contributed by atoms with Gasteiger partial charge in [0, 0.05) is 30.6 Å². The van der Waals surface area contributed by atoms with Crippen LogP contribution in [-0.4, -0.2) is 41.5 Å². The maximum Gasteiger partial charge on any atom is 0.256 e. The van der Waals surface area contributed by atoms with Gasteiger partial charge in [0.05, 0.1) is 16.8 Å². The Morgan fingerprint density at radius 3 is 2.76 bits per heavy atom. The molecule has 1 fully saturated rings. The predicted octanol–water partition coefficient (Wildman–Crippen LogP) is 3.74. The molecule has 0 bridgehead atoms. The molecule has 1 amide bonds. The number of pyridine rings is 1. The molecule has 1 aromatic carbocycles. The van der Waals surface area contributed by atoms with E-state index in [-0.39, 0.29) is 42.6 Å². The molecule has 1 atom stereocenters. The second-order valence-corrected chi connectivity index (χ2v) is 6.10. The summed E-state index contributed by atoms with van der Waals surface area (Å²) in [4.78, 5) is 19.4. The number of fused-ring (bicyclic) bond motifs is 1. The van der Waals surface area contributed by atoms with Crippen LogP contribution in [0.5, 0.6) is 0 Å². The van der Waals surface area contributed by atoms with Crippen LogP contribution >= 0.6 is 24.8 Å². The molecule has 1 aromatic heterocycles. The maximum atomic E-state index is 13.3. The van der Waals surface area contributed by atoms with Crippen molar-refractivity contribution in [3.63, 3.8) is 0 Å². The quantitative estimate of drug-likeness (QED) is 0.868. The van der Waals surface area contributed by atoms with Crippen LogP contribution in [0.4, 0.5) is 4.39 Å². The van der Waals surface area contributed by atoms with Gasteiger partial charge < -0.3 is 10.2 Å². The van der Waals surface area contributed by atoms with Gasteiger partial charge in [-0.15, -0.1) is 24.8 Å². The first-order chi connectivity index (χ1) is 11.1. The third-order valence-corrected chi connectivity index (χ3v) is 4.40. The second-order valence-electron chi connectivity index (χ2n) is 6.10. The van der Waals surface area contributed by atoms with Crippen LogP contribution in [0.15, 0.2) is 24.3 Å². The standard InChI is InChI=1S/C18H22FN3O.2ClH/c1-3-8-22(15-6-7-20-11-15)18(23)16-9-13-4-5-14(19)10-17(13)21-12(16)2;;/h4-5,9-10,15,20H,3,6-8,11H2,1-2H3;2*1H. The Morgan fingerprint density at radius 2 is 2.12 bits per heavy atom. The zero-order valence-corrected chi connectivity index (χ0v) is 16.1. The Labute approximate surface area is 160 Å². The van der Waals surface area contributed by atoms with Crippen molar-refractivity contribution in [2.24, 2.45) is 0 Å². The molecule has 138 valence electrons. The summed E-state index contributed by atoms with van der Waals surface area (Å²) in [6.45, 7) is 6.43. The highest BCUT2D eigenvalue weighted by Gasteiger charge is 2.27. The van der Waals surface area contributed by atoms with Gasteiger partial charge in [0.15, 0.2) is 0 Å². The lowest BCUT2D eigenvalue weighted by atomic mass is 10.1. The number of nitrogens with zero attached hydrogens (tertiary/aromatic N) is 2. The number of amides is 1. The molecular formula is C18H24Cl2FN3O. The average Bonchev–Trinajstić information content (AvgIpc) is 3.05. The minimum atomic E-state index is -0.312. The zero-order chi connectivity index (χ0) is 16.4. The summed E-state index contributed by atoms with van der Waals surface area (Å²) in [5.74, 6) is -0.287. The summed E-state index contributed by atoms with van der Waals surface area (Å²) >= 11 is 0. The fourth-order valence-corrected chi connectivity index (χ4v) is 3.20. The van der Waals surface area contributed by atoms with Gasteiger partial charge >= 0.3 is 0 Å². The van der Waals surface area contributed by atoms with E-state index in [4.69, 9.17) is 0 Å². The number of carbonyl (C=O) groups excluding carboxylic acids is 1. The Balaban J connectivity index is 0.00000156. The summed E-state index contributed by atoms with van der Waals surface area (Å²) < 4.78 is 13.3. The van der Waals surface area contributed by atoms with E-state index in [0.717, 1.165) is 37.9 Å². The normalized spacial score (nSPS) is 16.2. The highest BCUT2D eigenvalue weighted by Crippen LogP contribution is 2.21. The van der Waals surface area contributed by atoms with Crippen LogP contribution in [0.1, 0.15) is 35.8 Å². The third-order valence-electron chi connectivity index (χ3n) is 4.40. The van der Waals surface area contributed by atoms with E-state index in [1.54, 1.807) is 6.07 Å². The predicted molar refractivity (Wildman–Crippen MR) is 104 cm³/mol. The molecule has 1 saturated heterocycles. The number of hydrogen-bond donors (Lipinski definition) is 1. The van der Waals surface area contributed by atoms with Gasteiger partial charge in [-0.3, -0.25) is 9.78 Å². The minimum Gasteiger partial charge on any atom is -0.334 e. The molecule has 2 heterocycles. The molecule has 1 N–H and O–H groups in total. The monoisotopic (exact) mass is 387 g/mol. The molecule has 0 spiro atoms. The Morgan fingerprint density at radius 1 is 1.36 bits per heavy atom. The van der Waals surface area contributed by atoms with Gasteiger partial charge in [0.2, 0.25) is 0 Å². The van der Waals surface area contributed by atoms with Gasteiger partial charge in [-0.05, 0) is 44.5 Å². The lowest BCUT2D eigenvalue weighted by Gasteiger charge is -2.28. The number of rotatable bonds is 4. The van der Waals surface area contributed by atoms with E-state index in [1.165, 1.54) is 12.1 Å². The van der Waals surface area contributed by atoms with Crippen molar-refractivity contribution in [1.29, 1.82) is 0 Å². The summed E-state index contributed by atoms with van der Waals surface area (Å²) in [6.07, 6.45) is 1.91. The molecule has 0 radical (unpaired) electrons. The first-order valence-corrected chi connectivity index (χ1v) is 8.18. The molecule has 1 unspecified atom stereocenters. The van der Waals surface area contributed by atoms with Gasteiger partial charge in [0.25, 0.3) is 5.91 Å². The number of aryl methyl sites for hydroxylation is 1. The smallest absolute Gasteiger partial charge is 0.256 e. The van der Waals surface area contributed by atoms with E-state index in [1.807, 2.05) is 17.9 Å². The fourth-order valence-electron chi connectivity index (χ4n) is 3.20. The van der Waals surface area contributed by atoms with Crippen molar-refractivity contribution in [2.75, 3.05) is 19.6 Å². The number of benzene rings is 1. The van der Waals surface area contributed by atoms with Crippen molar-refractivity contribution in [3.8, 4) is 0 Å². The van der Waals surface area contributed by atoms with Crippen molar-refractivity contribution in [1.82, 2.24) is 15.2 Å². The molecule has 0 saturated carbocycles. The van der Waals surface area contributed by atoms with Crippen LogP contribution in [-0.2, 0) is 0 Å². The van der Waals surface area contributed by atoms with Gasteiger partial charge in [-0.2, -0.15) is 0 Å². The third kappa shape index (κ3) is 4.60. The van der Waals surface area contributed by atoms with Crippen molar-refractivity contribution in [3.05, 3.63) is 41.3 Å². The first kappa shape index (κ1) is 21.6. The molecule has 1 aliphatic heterocycles. The average molecular weight is 388 g/mol. The van der Waals surface area contributed by atoms with Gasteiger partial charge in [-0.1, -0.05) is 6.92 Å². The Hall–Kier alpha value is -1.43. The number of halogens is 3. The van der Waals surface area contributed by atoms with Crippen LogP contribution < -0.4 is 5.32 Å². The molecule has 25 heavy (non-hydrogen) atoms. The minimum absolute atomic E-state index is 0. The SMILES string of the molecule is CCCN(C(=O)c1cc2ccc(F)cc2nc1C)C1CCNC1.Cl.Cl. The second kappa shape index (κ2) is 9.32. The van der Waals surface area contributed by atoms with Crippen molar-refractivity contribution < 1.29 is 9.18 Å². The topological polar surface area (TPSA) is 45.2 Å². The van der Waals surface area contributed by atoms with E-state index in [2.05, 4.69) is 17.2 Å². The van der Waals surface area contributed by atoms with E-state index >= 15 is 0 Å². The van der Waals surface area contributed by atoms with E-state index < -0.39 is 0 Å². The zero-order valence-electron chi connectivity index (χ0n) is 14.4. The fraction of sp³-hybridized carbons (Fsp3) is 0.444. The van der Waals surface area contributed by atoms with Crippen molar-refractivity contribution in [2.45, 2.75) is 32.7 Å². The molecule has 0 aliphatic carbocycles. The van der Waals surface area contributed by atoms with E-state index in [0.29, 0.717) is 16.8 Å². The van der Waals surface area contributed by atoms with Crippen LogP contribution in [0.25, 0.3) is 10.9 Å². The summed E-state index contributed by atoms with van der Waals surface area (Å²) in [6, 6.07) is 6.56. The number of hydrogen-bond acceptors (Lipinski definition) is 3. The van der Waals surface area contributed by atoms with E-state index in [9.17, 15) is 9.18 Å². The molecule has 2 aromatic rings. The summed E-state index contributed by atoms with van der Waals surface area (Å²) in [5.41, 5.74) is 1.85. The Kier molecular flexibility index (Phi) is 8.06. The molecule has 4 nitrogen and oxygen atoms in total. The molecule has 3 rings (SSSR count). The first-order valence-electron chi connectivity index (χ1n) is 8.18. The van der Waals surface area contributed by atoms with Gasteiger partial charge in [0.1, 0.15) is 5.82 Å². The van der Waals surface area contributed by atoms with Crippen molar-refractivity contribution >= 4 is 41.6 Å². The lowest BCUT2D eigenvalue weighted by molar-refractivity contribution is 0.0691. The number of nitrogens with one attached hydrogen (secondary N) is 1. The highest BCUT2D eigenvalue weighted by molar-refractivity contribution is 5.98.